The third-order valence-electron chi connectivity index (χ3n) is 2.74. The van der Waals surface area contributed by atoms with Gasteiger partial charge in [0.1, 0.15) is 18.6 Å². The Morgan fingerprint density at radius 2 is 1.95 bits per heavy atom. The van der Waals surface area contributed by atoms with Gasteiger partial charge in [-0.1, -0.05) is 12.1 Å². The fraction of sp³-hybridized carbons (Fsp3) is 0.0667. The molecule has 0 bridgehead atoms. The second-order valence-corrected chi connectivity index (χ2v) is 4.15. The summed E-state index contributed by atoms with van der Waals surface area (Å²) in [6.45, 7) is 0.326. The molecule has 2 aromatic carbocycles. The number of benzene rings is 2. The predicted molar refractivity (Wildman–Crippen MR) is 74.3 cm³/mol. The molecule has 2 aromatic rings. The summed E-state index contributed by atoms with van der Waals surface area (Å²) in [7, 11) is 0. The quantitative estimate of drug-likeness (QED) is 0.375. The number of hydrogen-bond donors (Lipinski definition) is 2. The molecule has 0 heterocycles. The van der Waals surface area contributed by atoms with Crippen LogP contribution in [0.3, 0.4) is 0 Å². The molecule has 1 amide bonds. The van der Waals surface area contributed by atoms with Crippen LogP contribution in [0.1, 0.15) is 26.3 Å². The van der Waals surface area contributed by atoms with Gasteiger partial charge < -0.3 is 4.74 Å². The average Bonchev–Trinajstić information content (AvgIpc) is 2.53. The lowest BCUT2D eigenvalue weighted by molar-refractivity contribution is 0.0953. The maximum atomic E-state index is 11.4. The molecule has 3 N–H and O–H groups in total. The summed E-state index contributed by atoms with van der Waals surface area (Å²) in [4.78, 5) is 21.9. The minimum absolute atomic E-state index is 0.326. The molecule has 0 aromatic heterocycles. The van der Waals surface area contributed by atoms with Crippen LogP contribution in [0, 0.1) is 0 Å². The van der Waals surface area contributed by atoms with Gasteiger partial charge in [-0.25, -0.2) is 5.84 Å². The first-order valence-corrected chi connectivity index (χ1v) is 6.01. The Labute approximate surface area is 116 Å². The number of hydrogen-bond acceptors (Lipinski definition) is 4. The summed E-state index contributed by atoms with van der Waals surface area (Å²) in [6, 6.07) is 13.8. The van der Waals surface area contributed by atoms with Gasteiger partial charge in [-0.15, -0.1) is 0 Å². The lowest BCUT2D eigenvalue weighted by Gasteiger charge is -2.07. The van der Waals surface area contributed by atoms with E-state index in [9.17, 15) is 9.59 Å². The number of carbonyl (C=O) groups excluding carboxylic acids is 2. The lowest BCUT2D eigenvalue weighted by atomic mass is 10.1. The van der Waals surface area contributed by atoms with Crippen LogP contribution in [0.4, 0.5) is 0 Å². The summed E-state index contributed by atoms with van der Waals surface area (Å²) in [5.74, 6) is 5.40. The van der Waals surface area contributed by atoms with Crippen molar-refractivity contribution < 1.29 is 14.3 Å². The number of nitrogens with one attached hydrogen (secondary N) is 1. The van der Waals surface area contributed by atoms with E-state index in [1.807, 2.05) is 6.07 Å². The highest BCUT2D eigenvalue weighted by Crippen LogP contribution is 2.14. The predicted octanol–water partition coefficient (Wildman–Crippen LogP) is 1.68. The number of carbonyl (C=O) groups is 2. The fourth-order valence-corrected chi connectivity index (χ4v) is 1.69. The molecule has 5 heteroatoms. The van der Waals surface area contributed by atoms with E-state index in [0.29, 0.717) is 23.5 Å². The zero-order valence-electron chi connectivity index (χ0n) is 10.7. The van der Waals surface area contributed by atoms with Crippen molar-refractivity contribution >= 4 is 12.2 Å². The summed E-state index contributed by atoms with van der Waals surface area (Å²) < 4.78 is 5.58. The van der Waals surface area contributed by atoms with Gasteiger partial charge in [0.05, 0.1) is 0 Å². The average molecular weight is 270 g/mol. The van der Waals surface area contributed by atoms with Crippen molar-refractivity contribution in [3.63, 3.8) is 0 Å². The topological polar surface area (TPSA) is 81.4 Å². The minimum Gasteiger partial charge on any atom is -0.489 e. The second kappa shape index (κ2) is 6.49. The fourth-order valence-electron chi connectivity index (χ4n) is 1.69. The SMILES string of the molecule is NNC(=O)c1cccc(COc2ccc(C=O)cc2)c1. The van der Waals surface area contributed by atoms with Crippen LogP contribution in [-0.2, 0) is 6.61 Å². The first-order valence-electron chi connectivity index (χ1n) is 6.01. The van der Waals surface area contributed by atoms with E-state index < -0.39 is 0 Å². The highest BCUT2D eigenvalue weighted by atomic mass is 16.5. The van der Waals surface area contributed by atoms with Crippen LogP contribution in [0.25, 0.3) is 0 Å². The molecule has 0 atom stereocenters. The lowest BCUT2D eigenvalue weighted by Crippen LogP contribution is -2.30. The normalized spacial score (nSPS) is 9.85. The van der Waals surface area contributed by atoms with Crippen LogP contribution in [0.15, 0.2) is 48.5 Å². The number of rotatable bonds is 5. The van der Waals surface area contributed by atoms with E-state index in [1.165, 1.54) is 0 Å². The van der Waals surface area contributed by atoms with Gasteiger partial charge in [-0.05, 0) is 42.0 Å². The monoisotopic (exact) mass is 270 g/mol. The van der Waals surface area contributed by atoms with Crippen molar-refractivity contribution in [3.05, 3.63) is 65.2 Å². The smallest absolute Gasteiger partial charge is 0.265 e. The standard InChI is InChI=1S/C15H14N2O3/c16-17-15(19)13-3-1-2-12(8-13)10-20-14-6-4-11(9-18)5-7-14/h1-9H,10,16H2,(H,17,19). The first kappa shape index (κ1) is 13.8. The Morgan fingerprint density at radius 3 is 2.60 bits per heavy atom. The van der Waals surface area contributed by atoms with E-state index in [0.717, 1.165) is 11.8 Å². The number of nitrogens with two attached hydrogens (primary N) is 1. The third kappa shape index (κ3) is 3.43. The molecule has 0 radical (unpaired) electrons. The van der Waals surface area contributed by atoms with Crippen molar-refractivity contribution in [2.75, 3.05) is 0 Å². The number of hydrazine groups is 1. The Morgan fingerprint density at radius 1 is 1.20 bits per heavy atom. The number of aldehydes is 1. The van der Waals surface area contributed by atoms with Crippen LogP contribution < -0.4 is 16.0 Å². The maximum Gasteiger partial charge on any atom is 0.265 e. The molecule has 0 saturated carbocycles. The van der Waals surface area contributed by atoms with Gasteiger partial charge in [0.25, 0.3) is 5.91 Å². The summed E-state index contributed by atoms with van der Waals surface area (Å²) in [5.41, 5.74) is 4.01. The highest BCUT2D eigenvalue weighted by molar-refractivity contribution is 5.93. The molecule has 0 fully saturated rings. The molecule has 0 aliphatic carbocycles. The maximum absolute atomic E-state index is 11.4. The van der Waals surface area contributed by atoms with Gasteiger partial charge in [0.15, 0.2) is 0 Å². The Hall–Kier alpha value is -2.66. The molecular formula is C15H14N2O3. The number of ether oxygens (including phenoxy) is 1. The largest absolute Gasteiger partial charge is 0.489 e. The van der Waals surface area contributed by atoms with E-state index in [4.69, 9.17) is 10.6 Å². The van der Waals surface area contributed by atoms with Crippen molar-refractivity contribution in [2.45, 2.75) is 6.61 Å². The number of amides is 1. The van der Waals surface area contributed by atoms with E-state index in [-0.39, 0.29) is 5.91 Å². The van der Waals surface area contributed by atoms with E-state index >= 15 is 0 Å². The van der Waals surface area contributed by atoms with Crippen LogP contribution in [0.5, 0.6) is 5.75 Å². The van der Waals surface area contributed by atoms with Crippen molar-refractivity contribution in [3.8, 4) is 5.75 Å². The number of nitrogen functional groups attached to an aromatic ring is 1. The van der Waals surface area contributed by atoms with Gasteiger partial charge in [0.2, 0.25) is 0 Å². The zero-order valence-corrected chi connectivity index (χ0v) is 10.7. The summed E-state index contributed by atoms with van der Waals surface area (Å²) in [5, 5.41) is 0. The first-order chi connectivity index (χ1) is 9.72. The van der Waals surface area contributed by atoms with Crippen molar-refractivity contribution in [2.24, 2.45) is 5.84 Å². The van der Waals surface area contributed by atoms with E-state index in [1.54, 1.807) is 42.5 Å². The molecule has 0 spiro atoms. The Bertz CT molecular complexity index is 609. The molecule has 102 valence electrons. The second-order valence-electron chi connectivity index (χ2n) is 4.15. The van der Waals surface area contributed by atoms with Gasteiger partial charge in [0, 0.05) is 11.1 Å². The van der Waals surface area contributed by atoms with Gasteiger partial charge >= 0.3 is 0 Å². The van der Waals surface area contributed by atoms with Crippen molar-refractivity contribution in [1.82, 2.24) is 5.43 Å². The van der Waals surface area contributed by atoms with Crippen molar-refractivity contribution in [1.29, 1.82) is 0 Å². The molecule has 0 saturated heterocycles. The molecule has 0 aliphatic heterocycles. The van der Waals surface area contributed by atoms with Crippen LogP contribution in [-0.4, -0.2) is 12.2 Å². The summed E-state index contributed by atoms with van der Waals surface area (Å²) >= 11 is 0. The molecule has 2 rings (SSSR count). The molecule has 0 aliphatic rings. The van der Waals surface area contributed by atoms with Crippen LogP contribution >= 0.6 is 0 Å². The highest BCUT2D eigenvalue weighted by Gasteiger charge is 2.04. The summed E-state index contributed by atoms with van der Waals surface area (Å²) in [6.07, 6.45) is 0.776. The molecule has 5 nitrogen and oxygen atoms in total. The molecular weight excluding hydrogens is 256 g/mol. The Kier molecular flexibility index (Phi) is 4.47. The molecule has 0 unspecified atom stereocenters. The van der Waals surface area contributed by atoms with Gasteiger partial charge in [-0.2, -0.15) is 0 Å². The van der Waals surface area contributed by atoms with Gasteiger partial charge in [-0.3, -0.25) is 15.0 Å². The minimum atomic E-state index is -0.345. The zero-order chi connectivity index (χ0) is 14.4. The molecule has 20 heavy (non-hydrogen) atoms. The van der Waals surface area contributed by atoms with E-state index in [2.05, 4.69) is 5.43 Å². The van der Waals surface area contributed by atoms with Crippen LogP contribution in [0.2, 0.25) is 0 Å². The Balaban J connectivity index is 2.02. The third-order valence-corrected chi connectivity index (χ3v) is 2.74.